The minimum Gasteiger partial charge on any atom is -0.494 e. The van der Waals surface area contributed by atoms with Crippen molar-refractivity contribution >= 4 is 16.9 Å². The molecule has 0 aliphatic heterocycles. The normalized spacial score (nSPS) is 10.7. The van der Waals surface area contributed by atoms with Crippen molar-refractivity contribution < 1.29 is 14.6 Å². The van der Waals surface area contributed by atoms with Crippen LogP contribution >= 0.6 is 0 Å². The van der Waals surface area contributed by atoms with E-state index in [4.69, 9.17) is 10.5 Å². The summed E-state index contributed by atoms with van der Waals surface area (Å²) >= 11 is 0. The lowest BCUT2D eigenvalue weighted by molar-refractivity contribution is 0.0699. The van der Waals surface area contributed by atoms with Crippen LogP contribution in [0.25, 0.3) is 10.9 Å². The standard InChI is InChI=1S/C14H16N2O3/c1-8-5-10-11(14(17)18)7-9(3-4-15)16-13(10)12(6-8)19-2/h5-7H,3-4,15H2,1-2H3,(H,17,18). The number of carboxylic acids is 1. The minimum absolute atomic E-state index is 0.232. The van der Waals surface area contributed by atoms with Crippen molar-refractivity contribution in [3.05, 3.63) is 35.0 Å². The Morgan fingerprint density at radius 2 is 2.16 bits per heavy atom. The molecule has 0 atom stereocenters. The number of hydrogen-bond donors (Lipinski definition) is 2. The molecule has 0 aliphatic rings. The first-order valence-corrected chi connectivity index (χ1v) is 5.98. The fourth-order valence-corrected chi connectivity index (χ4v) is 2.09. The molecule has 2 aromatic rings. The van der Waals surface area contributed by atoms with Crippen LogP contribution in [0.2, 0.25) is 0 Å². The number of ether oxygens (including phenoxy) is 1. The molecule has 5 nitrogen and oxygen atoms in total. The Balaban J connectivity index is 2.82. The molecule has 0 radical (unpaired) electrons. The lowest BCUT2D eigenvalue weighted by Gasteiger charge is -2.11. The van der Waals surface area contributed by atoms with Crippen LogP contribution in [0.4, 0.5) is 0 Å². The number of aryl methyl sites for hydroxylation is 1. The molecule has 0 fully saturated rings. The number of benzene rings is 1. The van der Waals surface area contributed by atoms with Crippen molar-refractivity contribution in [2.45, 2.75) is 13.3 Å². The van der Waals surface area contributed by atoms with E-state index in [1.807, 2.05) is 13.0 Å². The third-order valence-corrected chi connectivity index (χ3v) is 2.93. The number of aromatic carboxylic acids is 1. The van der Waals surface area contributed by atoms with Gasteiger partial charge in [-0.1, -0.05) is 0 Å². The van der Waals surface area contributed by atoms with Gasteiger partial charge in [-0.25, -0.2) is 9.78 Å². The van der Waals surface area contributed by atoms with Gasteiger partial charge in [0.2, 0.25) is 0 Å². The molecule has 3 N–H and O–H groups in total. The molecule has 1 aromatic heterocycles. The van der Waals surface area contributed by atoms with Gasteiger partial charge in [-0.3, -0.25) is 0 Å². The Morgan fingerprint density at radius 3 is 2.74 bits per heavy atom. The third kappa shape index (κ3) is 2.51. The van der Waals surface area contributed by atoms with Crippen molar-refractivity contribution in [1.29, 1.82) is 0 Å². The number of pyridine rings is 1. The molecule has 5 heteroatoms. The molecule has 1 heterocycles. The molecule has 0 bridgehead atoms. The average molecular weight is 260 g/mol. The quantitative estimate of drug-likeness (QED) is 0.874. The molecule has 0 saturated heterocycles. The van der Waals surface area contributed by atoms with Crippen molar-refractivity contribution in [3.63, 3.8) is 0 Å². The molecule has 0 amide bonds. The maximum absolute atomic E-state index is 11.4. The van der Waals surface area contributed by atoms with E-state index in [1.165, 1.54) is 0 Å². The van der Waals surface area contributed by atoms with Gasteiger partial charge in [-0.15, -0.1) is 0 Å². The average Bonchev–Trinajstić information content (AvgIpc) is 2.37. The number of rotatable bonds is 4. The van der Waals surface area contributed by atoms with Gasteiger partial charge in [0.1, 0.15) is 11.3 Å². The van der Waals surface area contributed by atoms with Gasteiger partial charge in [0.15, 0.2) is 0 Å². The van der Waals surface area contributed by atoms with Crippen LogP contribution in [-0.4, -0.2) is 29.7 Å². The van der Waals surface area contributed by atoms with Gasteiger partial charge in [-0.2, -0.15) is 0 Å². The highest BCUT2D eigenvalue weighted by Gasteiger charge is 2.15. The second-order valence-corrected chi connectivity index (χ2v) is 4.37. The highest BCUT2D eigenvalue weighted by molar-refractivity contribution is 6.04. The first kappa shape index (κ1) is 13.3. The Labute approximate surface area is 111 Å². The van der Waals surface area contributed by atoms with Crippen LogP contribution in [0.15, 0.2) is 18.2 Å². The van der Waals surface area contributed by atoms with Crippen molar-refractivity contribution in [2.24, 2.45) is 5.73 Å². The second-order valence-electron chi connectivity index (χ2n) is 4.37. The van der Waals surface area contributed by atoms with Crippen molar-refractivity contribution in [2.75, 3.05) is 13.7 Å². The van der Waals surface area contributed by atoms with E-state index in [-0.39, 0.29) is 5.56 Å². The minimum atomic E-state index is -0.974. The number of hydrogen-bond acceptors (Lipinski definition) is 4. The Hall–Kier alpha value is -2.14. The molecule has 0 spiro atoms. The summed E-state index contributed by atoms with van der Waals surface area (Å²) in [5.74, 6) is -0.394. The van der Waals surface area contributed by atoms with E-state index in [1.54, 1.807) is 19.2 Å². The zero-order chi connectivity index (χ0) is 14.0. The maximum Gasteiger partial charge on any atom is 0.336 e. The molecule has 2 rings (SSSR count). The molecular formula is C14H16N2O3. The van der Waals surface area contributed by atoms with Gasteiger partial charge in [-0.05, 0) is 37.2 Å². The van der Waals surface area contributed by atoms with Crippen molar-refractivity contribution in [1.82, 2.24) is 4.98 Å². The Morgan fingerprint density at radius 1 is 1.42 bits per heavy atom. The highest BCUT2D eigenvalue weighted by Crippen LogP contribution is 2.29. The summed E-state index contributed by atoms with van der Waals surface area (Å²) in [5, 5.41) is 9.92. The SMILES string of the molecule is COc1cc(C)cc2c(C(=O)O)cc(CCN)nc12. The monoisotopic (exact) mass is 260 g/mol. The summed E-state index contributed by atoms with van der Waals surface area (Å²) in [7, 11) is 1.55. The van der Waals surface area contributed by atoms with E-state index in [0.29, 0.717) is 35.3 Å². The number of fused-ring (bicyclic) bond motifs is 1. The van der Waals surface area contributed by atoms with Gasteiger partial charge < -0.3 is 15.6 Å². The fraction of sp³-hybridized carbons (Fsp3) is 0.286. The third-order valence-electron chi connectivity index (χ3n) is 2.93. The summed E-state index contributed by atoms with van der Waals surface area (Å²) in [6.07, 6.45) is 0.535. The molecular weight excluding hydrogens is 244 g/mol. The van der Waals surface area contributed by atoms with Crippen LogP contribution in [0, 0.1) is 6.92 Å². The topological polar surface area (TPSA) is 85.4 Å². The van der Waals surface area contributed by atoms with Crippen LogP contribution in [0.3, 0.4) is 0 Å². The van der Waals surface area contributed by atoms with E-state index in [2.05, 4.69) is 4.98 Å². The van der Waals surface area contributed by atoms with E-state index < -0.39 is 5.97 Å². The van der Waals surface area contributed by atoms with Crippen molar-refractivity contribution in [3.8, 4) is 5.75 Å². The summed E-state index contributed by atoms with van der Waals surface area (Å²) in [6.45, 7) is 2.31. The lowest BCUT2D eigenvalue weighted by atomic mass is 10.0. The van der Waals surface area contributed by atoms with Crippen LogP contribution in [0.5, 0.6) is 5.75 Å². The second kappa shape index (κ2) is 5.24. The van der Waals surface area contributed by atoms with Crippen LogP contribution in [-0.2, 0) is 6.42 Å². The molecule has 0 unspecified atom stereocenters. The lowest BCUT2D eigenvalue weighted by Crippen LogP contribution is -2.08. The predicted molar refractivity (Wildman–Crippen MR) is 72.7 cm³/mol. The Kier molecular flexibility index (Phi) is 3.66. The summed E-state index contributed by atoms with van der Waals surface area (Å²) < 4.78 is 5.29. The molecule has 19 heavy (non-hydrogen) atoms. The van der Waals surface area contributed by atoms with E-state index in [9.17, 15) is 9.90 Å². The number of carboxylic acid groups (broad SMARTS) is 1. The van der Waals surface area contributed by atoms with Gasteiger partial charge in [0.25, 0.3) is 0 Å². The first-order chi connectivity index (χ1) is 9.06. The fourth-order valence-electron chi connectivity index (χ4n) is 2.09. The van der Waals surface area contributed by atoms with Gasteiger partial charge in [0, 0.05) is 17.5 Å². The predicted octanol–water partition coefficient (Wildman–Crippen LogP) is 1.75. The van der Waals surface area contributed by atoms with E-state index in [0.717, 1.165) is 5.56 Å². The largest absolute Gasteiger partial charge is 0.494 e. The smallest absolute Gasteiger partial charge is 0.336 e. The molecule has 0 aliphatic carbocycles. The summed E-state index contributed by atoms with van der Waals surface area (Å²) in [4.78, 5) is 15.8. The number of nitrogens with zero attached hydrogens (tertiary/aromatic N) is 1. The van der Waals surface area contributed by atoms with Gasteiger partial charge in [0.05, 0.1) is 12.7 Å². The van der Waals surface area contributed by atoms with E-state index >= 15 is 0 Å². The first-order valence-electron chi connectivity index (χ1n) is 5.98. The number of aromatic nitrogens is 1. The number of carbonyl (C=O) groups is 1. The number of methoxy groups -OCH3 is 1. The summed E-state index contributed by atoms with van der Waals surface area (Å²) in [6, 6.07) is 5.23. The number of nitrogens with two attached hydrogens (primary N) is 1. The zero-order valence-corrected chi connectivity index (χ0v) is 10.9. The molecule has 1 aromatic carbocycles. The van der Waals surface area contributed by atoms with Crippen LogP contribution in [0.1, 0.15) is 21.6 Å². The highest BCUT2D eigenvalue weighted by atomic mass is 16.5. The molecule has 100 valence electrons. The van der Waals surface area contributed by atoms with Gasteiger partial charge >= 0.3 is 5.97 Å². The maximum atomic E-state index is 11.4. The zero-order valence-electron chi connectivity index (χ0n) is 10.9. The molecule has 0 saturated carbocycles. The van der Waals surface area contributed by atoms with Crippen LogP contribution < -0.4 is 10.5 Å². The summed E-state index contributed by atoms with van der Waals surface area (Å²) in [5.41, 5.74) is 7.90. The Bertz CT molecular complexity index is 638.